The van der Waals surface area contributed by atoms with Crippen molar-refractivity contribution in [2.75, 3.05) is 6.61 Å². The molecule has 0 bridgehead atoms. The molecular formula is C24H42O2. The maximum Gasteiger partial charge on any atom is 0.330 e. The van der Waals surface area contributed by atoms with Crippen LogP contribution in [-0.4, -0.2) is 12.6 Å². The van der Waals surface area contributed by atoms with Gasteiger partial charge in [-0.15, -0.1) is 0 Å². The number of rotatable bonds is 10. The summed E-state index contributed by atoms with van der Waals surface area (Å²) in [7, 11) is 0. The molecule has 0 N–H and O–H groups in total. The zero-order valence-electron chi connectivity index (χ0n) is 17.4. The van der Waals surface area contributed by atoms with Crippen LogP contribution in [0.5, 0.6) is 0 Å². The van der Waals surface area contributed by atoms with E-state index in [0.29, 0.717) is 12.5 Å². The minimum absolute atomic E-state index is 0.145. The molecule has 0 unspecified atom stereocenters. The Morgan fingerprint density at radius 1 is 0.846 bits per heavy atom. The highest BCUT2D eigenvalue weighted by molar-refractivity contribution is 5.81. The first-order valence-corrected chi connectivity index (χ1v) is 11.6. The molecule has 0 amide bonds. The first-order chi connectivity index (χ1) is 12.7. The Hall–Kier alpha value is -0.790. The van der Waals surface area contributed by atoms with E-state index in [1.54, 1.807) is 6.08 Å². The molecule has 26 heavy (non-hydrogen) atoms. The smallest absolute Gasteiger partial charge is 0.330 e. The Morgan fingerprint density at radius 2 is 1.46 bits per heavy atom. The lowest BCUT2D eigenvalue weighted by Gasteiger charge is -2.37. The van der Waals surface area contributed by atoms with E-state index in [9.17, 15) is 4.79 Å². The van der Waals surface area contributed by atoms with E-state index in [1.807, 2.05) is 0 Å². The average Bonchev–Trinajstić information content (AvgIpc) is 2.69. The molecule has 0 aromatic rings. The molecule has 0 aromatic heterocycles. The van der Waals surface area contributed by atoms with Gasteiger partial charge in [0, 0.05) is 6.08 Å². The van der Waals surface area contributed by atoms with Crippen LogP contribution in [0.3, 0.4) is 0 Å². The van der Waals surface area contributed by atoms with E-state index >= 15 is 0 Å². The predicted octanol–water partition coefficient (Wildman–Crippen LogP) is 7.08. The van der Waals surface area contributed by atoms with Gasteiger partial charge in [0.25, 0.3) is 0 Å². The van der Waals surface area contributed by atoms with Gasteiger partial charge >= 0.3 is 5.97 Å². The number of carbonyl (C=O) groups is 1. The second kappa shape index (κ2) is 12.6. The largest absolute Gasteiger partial charge is 0.463 e. The van der Waals surface area contributed by atoms with Crippen LogP contribution in [0.4, 0.5) is 0 Å². The zero-order valence-corrected chi connectivity index (χ0v) is 17.4. The Balaban J connectivity index is 1.60. The maximum absolute atomic E-state index is 11.8. The molecule has 0 saturated heterocycles. The standard InChI is InChI=1S/C24H42O2/c1-3-5-7-19-26-24(25)18-13-21-11-16-23(17-12-21)22-14-9-20(10-15-22)8-6-4-2/h13,18,20-23H,3-12,14-17,19H2,1-2H3. The van der Waals surface area contributed by atoms with Gasteiger partial charge < -0.3 is 4.74 Å². The summed E-state index contributed by atoms with van der Waals surface area (Å²) in [6, 6.07) is 0. The second-order valence-electron chi connectivity index (χ2n) is 8.83. The highest BCUT2D eigenvalue weighted by atomic mass is 16.5. The van der Waals surface area contributed by atoms with E-state index in [0.717, 1.165) is 37.0 Å². The molecule has 150 valence electrons. The molecule has 0 aromatic carbocycles. The highest BCUT2D eigenvalue weighted by Crippen LogP contribution is 2.42. The highest BCUT2D eigenvalue weighted by Gasteiger charge is 2.30. The zero-order chi connectivity index (χ0) is 18.6. The minimum Gasteiger partial charge on any atom is -0.463 e. The molecule has 2 nitrogen and oxygen atoms in total. The molecule has 0 atom stereocenters. The fraction of sp³-hybridized carbons (Fsp3) is 0.875. The third kappa shape index (κ3) is 7.84. The number of hydrogen-bond donors (Lipinski definition) is 0. The van der Waals surface area contributed by atoms with Crippen LogP contribution < -0.4 is 0 Å². The van der Waals surface area contributed by atoms with Crippen molar-refractivity contribution < 1.29 is 9.53 Å². The van der Waals surface area contributed by atoms with Crippen molar-refractivity contribution in [2.45, 2.75) is 104 Å². The number of unbranched alkanes of at least 4 members (excludes halogenated alkanes) is 3. The van der Waals surface area contributed by atoms with Gasteiger partial charge in [0.05, 0.1) is 6.61 Å². The van der Waals surface area contributed by atoms with E-state index in [2.05, 4.69) is 19.9 Å². The Labute approximate surface area is 162 Å². The van der Waals surface area contributed by atoms with E-state index in [4.69, 9.17) is 4.74 Å². The van der Waals surface area contributed by atoms with Crippen molar-refractivity contribution in [1.29, 1.82) is 0 Å². The van der Waals surface area contributed by atoms with E-state index in [-0.39, 0.29) is 5.97 Å². The van der Waals surface area contributed by atoms with E-state index in [1.165, 1.54) is 70.6 Å². The Kier molecular flexibility index (Phi) is 10.4. The lowest BCUT2D eigenvalue weighted by Crippen LogP contribution is -2.25. The summed E-state index contributed by atoms with van der Waals surface area (Å²) in [5, 5.41) is 0. The summed E-state index contributed by atoms with van der Waals surface area (Å²) in [6.45, 7) is 5.05. The molecule has 2 aliphatic rings. The molecular weight excluding hydrogens is 320 g/mol. The fourth-order valence-corrected chi connectivity index (χ4v) is 5.04. The van der Waals surface area contributed by atoms with Crippen LogP contribution >= 0.6 is 0 Å². The lowest BCUT2D eigenvalue weighted by atomic mass is 9.68. The average molecular weight is 363 g/mol. The SMILES string of the molecule is CCCCCOC(=O)C=CC1CCC(C2CCC(CCCC)CC2)CC1. The van der Waals surface area contributed by atoms with Gasteiger partial charge in [0.1, 0.15) is 0 Å². The monoisotopic (exact) mass is 362 g/mol. The molecule has 2 aliphatic carbocycles. The third-order valence-corrected chi connectivity index (χ3v) is 6.84. The van der Waals surface area contributed by atoms with Crippen molar-refractivity contribution in [3.63, 3.8) is 0 Å². The topological polar surface area (TPSA) is 26.3 Å². The molecule has 2 rings (SSSR count). The molecule has 0 aliphatic heterocycles. The van der Waals surface area contributed by atoms with Crippen LogP contribution in [0, 0.1) is 23.7 Å². The van der Waals surface area contributed by atoms with Crippen molar-refractivity contribution >= 4 is 5.97 Å². The van der Waals surface area contributed by atoms with Crippen molar-refractivity contribution in [1.82, 2.24) is 0 Å². The summed E-state index contributed by atoms with van der Waals surface area (Å²) in [6.07, 6.45) is 22.5. The number of hydrogen-bond acceptors (Lipinski definition) is 2. The van der Waals surface area contributed by atoms with Gasteiger partial charge in [-0.05, 0) is 68.6 Å². The minimum atomic E-state index is -0.145. The second-order valence-corrected chi connectivity index (χ2v) is 8.83. The molecule has 2 saturated carbocycles. The van der Waals surface area contributed by atoms with Gasteiger partial charge in [0.15, 0.2) is 0 Å². The quantitative estimate of drug-likeness (QED) is 0.236. The van der Waals surface area contributed by atoms with Crippen LogP contribution in [0.15, 0.2) is 12.2 Å². The van der Waals surface area contributed by atoms with Crippen molar-refractivity contribution in [3.05, 3.63) is 12.2 Å². The van der Waals surface area contributed by atoms with Crippen molar-refractivity contribution in [2.24, 2.45) is 23.7 Å². The Morgan fingerprint density at radius 3 is 2.08 bits per heavy atom. The van der Waals surface area contributed by atoms with Gasteiger partial charge in [-0.1, -0.05) is 64.9 Å². The van der Waals surface area contributed by atoms with Crippen LogP contribution in [0.1, 0.15) is 104 Å². The fourth-order valence-electron chi connectivity index (χ4n) is 5.04. The maximum atomic E-state index is 11.8. The molecule has 2 fully saturated rings. The number of ether oxygens (including phenoxy) is 1. The summed E-state index contributed by atoms with van der Waals surface area (Å²) in [5.41, 5.74) is 0. The van der Waals surface area contributed by atoms with Crippen LogP contribution in [0.2, 0.25) is 0 Å². The predicted molar refractivity (Wildman–Crippen MR) is 110 cm³/mol. The first-order valence-electron chi connectivity index (χ1n) is 11.6. The summed E-state index contributed by atoms with van der Waals surface area (Å²) >= 11 is 0. The van der Waals surface area contributed by atoms with Gasteiger partial charge in [0.2, 0.25) is 0 Å². The van der Waals surface area contributed by atoms with Crippen molar-refractivity contribution in [3.8, 4) is 0 Å². The molecule has 0 spiro atoms. The number of allylic oxidation sites excluding steroid dienone is 1. The third-order valence-electron chi connectivity index (χ3n) is 6.84. The van der Waals surface area contributed by atoms with Gasteiger partial charge in [-0.2, -0.15) is 0 Å². The van der Waals surface area contributed by atoms with Gasteiger partial charge in [-0.3, -0.25) is 0 Å². The summed E-state index contributed by atoms with van der Waals surface area (Å²) in [4.78, 5) is 11.8. The molecule has 0 heterocycles. The number of esters is 1. The Bertz CT molecular complexity index is 398. The summed E-state index contributed by atoms with van der Waals surface area (Å²) < 4.78 is 5.26. The summed E-state index contributed by atoms with van der Waals surface area (Å²) in [5.74, 6) is 3.41. The van der Waals surface area contributed by atoms with Crippen LogP contribution in [-0.2, 0) is 9.53 Å². The molecule has 2 heteroatoms. The number of carbonyl (C=O) groups excluding carboxylic acids is 1. The van der Waals surface area contributed by atoms with E-state index < -0.39 is 0 Å². The lowest BCUT2D eigenvalue weighted by molar-refractivity contribution is -0.137. The van der Waals surface area contributed by atoms with Gasteiger partial charge in [-0.25, -0.2) is 4.79 Å². The first kappa shape index (κ1) is 21.5. The van der Waals surface area contributed by atoms with Crippen LogP contribution in [0.25, 0.3) is 0 Å². The molecule has 0 radical (unpaired) electrons. The normalized spacial score (nSPS) is 29.8.